The van der Waals surface area contributed by atoms with Gasteiger partial charge < -0.3 is 14.1 Å². The van der Waals surface area contributed by atoms with Gasteiger partial charge in [-0.1, -0.05) is 23.7 Å². The molecule has 4 nitrogen and oxygen atoms in total. The van der Waals surface area contributed by atoms with Crippen LogP contribution in [0.3, 0.4) is 0 Å². The maximum absolute atomic E-state index is 12.2. The minimum atomic E-state index is -0.473. The van der Waals surface area contributed by atoms with E-state index < -0.39 is 5.63 Å². The predicted molar refractivity (Wildman–Crippen MR) is 86.1 cm³/mol. The molecule has 0 unspecified atom stereocenters. The average molecular weight is 318 g/mol. The second kappa shape index (κ2) is 5.36. The van der Waals surface area contributed by atoms with Crippen molar-refractivity contribution in [2.75, 3.05) is 24.6 Å². The highest BCUT2D eigenvalue weighted by Crippen LogP contribution is 2.41. The van der Waals surface area contributed by atoms with Crippen molar-refractivity contribution >= 4 is 17.3 Å². The van der Waals surface area contributed by atoms with Crippen molar-refractivity contribution in [3.63, 3.8) is 0 Å². The SMILES string of the molecule is O=c1oc2c(c(N3CCCC3)c1Cl)CCOc1ccccc1-2. The fraction of sp³-hybridized carbons (Fsp3) is 0.353. The van der Waals surface area contributed by atoms with E-state index in [-0.39, 0.29) is 5.02 Å². The Morgan fingerprint density at radius 3 is 2.73 bits per heavy atom. The van der Waals surface area contributed by atoms with E-state index in [0.29, 0.717) is 18.8 Å². The minimum absolute atomic E-state index is 0.194. The van der Waals surface area contributed by atoms with E-state index in [2.05, 4.69) is 4.90 Å². The summed E-state index contributed by atoms with van der Waals surface area (Å²) < 4.78 is 11.3. The molecule has 0 radical (unpaired) electrons. The van der Waals surface area contributed by atoms with Crippen molar-refractivity contribution in [3.05, 3.63) is 45.3 Å². The summed E-state index contributed by atoms with van der Waals surface area (Å²) >= 11 is 6.30. The van der Waals surface area contributed by atoms with Gasteiger partial charge >= 0.3 is 5.63 Å². The molecule has 114 valence electrons. The van der Waals surface area contributed by atoms with E-state index in [1.807, 2.05) is 24.3 Å². The Hall–Kier alpha value is -1.94. The number of fused-ring (bicyclic) bond motifs is 3. The minimum Gasteiger partial charge on any atom is -0.492 e. The fourth-order valence-corrected chi connectivity index (χ4v) is 3.57. The molecule has 22 heavy (non-hydrogen) atoms. The van der Waals surface area contributed by atoms with Gasteiger partial charge in [-0.2, -0.15) is 0 Å². The van der Waals surface area contributed by atoms with Crippen LogP contribution in [-0.4, -0.2) is 19.7 Å². The number of nitrogens with zero attached hydrogens (tertiary/aromatic N) is 1. The van der Waals surface area contributed by atoms with Gasteiger partial charge in [-0.3, -0.25) is 0 Å². The first kappa shape index (κ1) is 13.7. The van der Waals surface area contributed by atoms with Crippen LogP contribution in [0.15, 0.2) is 33.5 Å². The second-order valence-electron chi connectivity index (χ2n) is 5.65. The molecule has 1 aromatic heterocycles. The number of hydrogen-bond acceptors (Lipinski definition) is 4. The van der Waals surface area contributed by atoms with Crippen LogP contribution in [0.4, 0.5) is 5.69 Å². The van der Waals surface area contributed by atoms with Crippen LogP contribution in [0.2, 0.25) is 5.02 Å². The molecule has 0 N–H and O–H groups in total. The van der Waals surface area contributed by atoms with Gasteiger partial charge in [0.05, 0.1) is 17.9 Å². The van der Waals surface area contributed by atoms with Crippen LogP contribution < -0.4 is 15.3 Å². The summed E-state index contributed by atoms with van der Waals surface area (Å²) in [5, 5.41) is 0.194. The van der Waals surface area contributed by atoms with Crippen LogP contribution in [0.25, 0.3) is 11.3 Å². The Kier molecular flexibility index (Phi) is 3.34. The van der Waals surface area contributed by atoms with Crippen molar-refractivity contribution in [3.8, 4) is 17.1 Å². The molecule has 5 heteroatoms. The van der Waals surface area contributed by atoms with Crippen LogP contribution >= 0.6 is 11.6 Å². The molecule has 2 aromatic rings. The molecule has 3 heterocycles. The third-order valence-electron chi connectivity index (χ3n) is 4.31. The zero-order valence-electron chi connectivity index (χ0n) is 12.1. The highest BCUT2D eigenvalue weighted by Gasteiger charge is 2.28. The number of hydrogen-bond donors (Lipinski definition) is 0. The van der Waals surface area contributed by atoms with E-state index in [1.54, 1.807) is 0 Å². The summed E-state index contributed by atoms with van der Waals surface area (Å²) in [7, 11) is 0. The molecule has 1 saturated heterocycles. The van der Waals surface area contributed by atoms with Crippen molar-refractivity contribution < 1.29 is 9.15 Å². The van der Waals surface area contributed by atoms with Gasteiger partial charge in [0.15, 0.2) is 0 Å². The normalized spacial score (nSPS) is 16.7. The first-order valence-electron chi connectivity index (χ1n) is 7.58. The van der Waals surface area contributed by atoms with E-state index in [4.69, 9.17) is 20.8 Å². The molecule has 0 amide bonds. The van der Waals surface area contributed by atoms with E-state index in [0.717, 1.165) is 48.5 Å². The summed E-state index contributed by atoms with van der Waals surface area (Å²) in [6.45, 7) is 2.41. The maximum Gasteiger partial charge on any atom is 0.357 e. The molecule has 4 rings (SSSR count). The van der Waals surface area contributed by atoms with E-state index >= 15 is 0 Å². The number of ether oxygens (including phenoxy) is 1. The molecule has 2 aliphatic heterocycles. The van der Waals surface area contributed by atoms with Crippen molar-refractivity contribution in [2.45, 2.75) is 19.3 Å². The number of anilines is 1. The van der Waals surface area contributed by atoms with Crippen LogP contribution in [0.5, 0.6) is 5.75 Å². The van der Waals surface area contributed by atoms with E-state index in [1.165, 1.54) is 0 Å². The standard InChI is InChI=1S/C17H16ClNO3/c18-14-15(19-8-3-4-9-19)12-7-10-21-13-6-2-1-5-11(13)16(12)22-17(14)20/h1-2,5-6H,3-4,7-10H2. The highest BCUT2D eigenvalue weighted by molar-refractivity contribution is 6.33. The third-order valence-corrected chi connectivity index (χ3v) is 4.64. The number of para-hydroxylation sites is 1. The van der Waals surface area contributed by atoms with Crippen molar-refractivity contribution in [1.82, 2.24) is 0 Å². The molecule has 0 atom stereocenters. The summed E-state index contributed by atoms with van der Waals surface area (Å²) in [5.41, 5.74) is 2.17. The maximum atomic E-state index is 12.2. The zero-order chi connectivity index (χ0) is 15.1. The molecule has 2 aliphatic rings. The van der Waals surface area contributed by atoms with Gasteiger partial charge in [0.2, 0.25) is 0 Å². The lowest BCUT2D eigenvalue weighted by Crippen LogP contribution is -2.23. The lowest BCUT2D eigenvalue weighted by molar-refractivity contribution is 0.326. The topological polar surface area (TPSA) is 42.7 Å². The molecule has 1 aromatic carbocycles. The highest BCUT2D eigenvalue weighted by atomic mass is 35.5. The van der Waals surface area contributed by atoms with Gasteiger partial charge in [-0.05, 0) is 25.0 Å². The fourth-order valence-electron chi connectivity index (χ4n) is 3.30. The Balaban J connectivity index is 2.00. The van der Waals surface area contributed by atoms with Crippen molar-refractivity contribution in [2.24, 2.45) is 0 Å². The van der Waals surface area contributed by atoms with Crippen LogP contribution in [0, 0.1) is 0 Å². The second-order valence-corrected chi connectivity index (χ2v) is 6.03. The first-order valence-corrected chi connectivity index (χ1v) is 7.96. The summed E-state index contributed by atoms with van der Waals surface area (Å²) in [4.78, 5) is 14.4. The van der Waals surface area contributed by atoms with Gasteiger partial charge in [-0.15, -0.1) is 0 Å². The molecule has 1 fully saturated rings. The predicted octanol–water partition coefficient (Wildman–Crippen LogP) is 3.50. The lowest BCUT2D eigenvalue weighted by Gasteiger charge is -2.22. The first-order chi connectivity index (χ1) is 10.8. The molecule has 0 spiro atoms. The largest absolute Gasteiger partial charge is 0.492 e. The van der Waals surface area contributed by atoms with E-state index in [9.17, 15) is 4.79 Å². The lowest BCUT2D eigenvalue weighted by atomic mass is 10.0. The smallest absolute Gasteiger partial charge is 0.357 e. The van der Waals surface area contributed by atoms with Gasteiger partial charge in [0.25, 0.3) is 0 Å². The Morgan fingerprint density at radius 1 is 1.14 bits per heavy atom. The molecular formula is C17H16ClNO3. The van der Waals surface area contributed by atoms with Gasteiger partial charge in [0.1, 0.15) is 16.5 Å². The Labute approximate surface area is 133 Å². The third kappa shape index (κ3) is 2.10. The zero-order valence-corrected chi connectivity index (χ0v) is 12.9. The summed E-state index contributed by atoms with van der Waals surface area (Å²) in [6, 6.07) is 7.65. The number of benzene rings is 1. The Morgan fingerprint density at radius 2 is 1.91 bits per heavy atom. The quantitative estimate of drug-likeness (QED) is 0.807. The molecular weight excluding hydrogens is 302 g/mol. The summed E-state index contributed by atoms with van der Waals surface area (Å²) in [5.74, 6) is 1.35. The molecule has 0 saturated carbocycles. The summed E-state index contributed by atoms with van der Waals surface area (Å²) in [6.07, 6.45) is 2.93. The van der Waals surface area contributed by atoms with Gasteiger partial charge in [-0.25, -0.2) is 4.79 Å². The molecule has 0 aliphatic carbocycles. The Bertz CT molecular complexity index is 778. The monoisotopic (exact) mass is 317 g/mol. The van der Waals surface area contributed by atoms with Crippen LogP contribution in [0.1, 0.15) is 18.4 Å². The molecule has 0 bridgehead atoms. The average Bonchev–Trinajstić information content (AvgIpc) is 2.99. The number of halogens is 1. The van der Waals surface area contributed by atoms with Gasteiger partial charge in [0, 0.05) is 25.1 Å². The van der Waals surface area contributed by atoms with Crippen LogP contribution in [-0.2, 0) is 6.42 Å². The number of rotatable bonds is 1. The van der Waals surface area contributed by atoms with Crippen molar-refractivity contribution in [1.29, 1.82) is 0 Å².